The van der Waals surface area contributed by atoms with E-state index in [0.717, 1.165) is 35.6 Å². The van der Waals surface area contributed by atoms with Crippen molar-refractivity contribution in [1.29, 1.82) is 0 Å². The number of amides is 2. The molecular formula is C29H29N3O2. The molecule has 5 heteroatoms. The van der Waals surface area contributed by atoms with Gasteiger partial charge in [0.2, 0.25) is 0 Å². The van der Waals surface area contributed by atoms with Crippen LogP contribution >= 0.6 is 0 Å². The van der Waals surface area contributed by atoms with Gasteiger partial charge in [-0.25, -0.2) is 4.90 Å². The minimum Gasteiger partial charge on any atom is -0.372 e. The second-order valence-electron chi connectivity index (χ2n) is 8.99. The Bertz CT molecular complexity index is 1220. The average Bonchev–Trinajstić information content (AvgIpc) is 3.15. The molecule has 1 saturated heterocycles. The number of nitrogens with zero attached hydrogens (tertiary/aromatic N) is 3. The Morgan fingerprint density at radius 2 is 1.32 bits per heavy atom. The molecule has 34 heavy (non-hydrogen) atoms. The lowest BCUT2D eigenvalue weighted by atomic mass is 10.0. The maximum atomic E-state index is 13.8. The standard InChI is InChI=1S/C29H29N3O2/c1-21-11-13-22(14-12-21)26-27(30(2)23-9-5-3-6-10-23)29(34)32(28(26)33)25-17-15-24(16-18-25)31-19-7-4-8-20-31/h3,5-6,9-18H,4,7-8,19-20H2,1-2H3. The van der Waals surface area contributed by atoms with Gasteiger partial charge < -0.3 is 9.80 Å². The lowest BCUT2D eigenvalue weighted by molar-refractivity contribution is -0.120. The monoisotopic (exact) mass is 451 g/mol. The summed E-state index contributed by atoms with van der Waals surface area (Å²) in [5, 5.41) is 0. The molecule has 3 aromatic carbocycles. The van der Waals surface area contributed by atoms with Gasteiger partial charge in [-0.2, -0.15) is 0 Å². The smallest absolute Gasteiger partial charge is 0.282 e. The van der Waals surface area contributed by atoms with Crippen LogP contribution in [0, 0.1) is 6.92 Å². The molecule has 0 bridgehead atoms. The van der Waals surface area contributed by atoms with Crippen molar-refractivity contribution in [2.45, 2.75) is 26.2 Å². The van der Waals surface area contributed by atoms with Gasteiger partial charge in [0.05, 0.1) is 11.3 Å². The Morgan fingerprint density at radius 1 is 0.706 bits per heavy atom. The molecule has 0 atom stereocenters. The summed E-state index contributed by atoms with van der Waals surface area (Å²) in [5.41, 5.74) is 5.24. The maximum absolute atomic E-state index is 13.8. The molecular weight excluding hydrogens is 422 g/mol. The fourth-order valence-electron chi connectivity index (χ4n) is 4.79. The number of carbonyl (C=O) groups is 2. The Hall–Kier alpha value is -3.86. The third-order valence-corrected chi connectivity index (χ3v) is 6.71. The van der Waals surface area contributed by atoms with Crippen LogP contribution in [0.25, 0.3) is 5.57 Å². The second kappa shape index (κ2) is 9.18. The van der Waals surface area contributed by atoms with Crippen molar-refractivity contribution in [1.82, 2.24) is 0 Å². The van der Waals surface area contributed by atoms with Gasteiger partial charge in [-0.1, -0.05) is 48.0 Å². The summed E-state index contributed by atoms with van der Waals surface area (Å²) in [7, 11) is 1.84. The van der Waals surface area contributed by atoms with Crippen molar-refractivity contribution >= 4 is 34.4 Å². The van der Waals surface area contributed by atoms with Crippen LogP contribution in [0.1, 0.15) is 30.4 Å². The normalized spacial score (nSPS) is 16.4. The number of hydrogen-bond acceptors (Lipinski definition) is 4. The lowest BCUT2D eigenvalue weighted by Crippen LogP contribution is -2.34. The summed E-state index contributed by atoms with van der Waals surface area (Å²) in [6.45, 7) is 4.10. The Balaban J connectivity index is 1.53. The van der Waals surface area contributed by atoms with E-state index in [1.165, 1.54) is 24.2 Å². The molecule has 3 aromatic rings. The van der Waals surface area contributed by atoms with Crippen molar-refractivity contribution in [2.75, 3.05) is 34.8 Å². The number of hydrogen-bond donors (Lipinski definition) is 0. The van der Waals surface area contributed by atoms with Crippen molar-refractivity contribution < 1.29 is 9.59 Å². The molecule has 2 heterocycles. The molecule has 5 rings (SSSR count). The van der Waals surface area contributed by atoms with Crippen molar-refractivity contribution in [3.05, 3.63) is 95.7 Å². The molecule has 0 radical (unpaired) electrons. The van der Waals surface area contributed by atoms with Gasteiger partial charge in [0, 0.05) is 31.5 Å². The van der Waals surface area contributed by atoms with E-state index in [4.69, 9.17) is 0 Å². The van der Waals surface area contributed by atoms with Gasteiger partial charge in [0.25, 0.3) is 11.8 Å². The third kappa shape index (κ3) is 3.98. The highest BCUT2D eigenvalue weighted by molar-refractivity contribution is 6.46. The Kier molecular flexibility index (Phi) is 5.93. The molecule has 0 spiro atoms. The van der Waals surface area contributed by atoms with Crippen LogP contribution in [-0.4, -0.2) is 32.0 Å². The van der Waals surface area contributed by atoms with Crippen LogP contribution < -0.4 is 14.7 Å². The number of anilines is 3. The molecule has 0 aromatic heterocycles. The highest BCUT2D eigenvalue weighted by Crippen LogP contribution is 2.36. The largest absolute Gasteiger partial charge is 0.372 e. The first-order valence-electron chi connectivity index (χ1n) is 11.9. The molecule has 2 aliphatic heterocycles. The lowest BCUT2D eigenvalue weighted by Gasteiger charge is -2.29. The highest BCUT2D eigenvalue weighted by Gasteiger charge is 2.42. The second-order valence-corrected chi connectivity index (χ2v) is 8.99. The summed E-state index contributed by atoms with van der Waals surface area (Å²) in [6.07, 6.45) is 3.67. The number of para-hydroxylation sites is 1. The van der Waals surface area contributed by atoms with Gasteiger partial charge in [0.15, 0.2) is 0 Å². The van der Waals surface area contributed by atoms with Crippen molar-refractivity contribution in [2.24, 2.45) is 0 Å². The van der Waals surface area contributed by atoms with E-state index in [1.807, 2.05) is 97.7 Å². The van der Waals surface area contributed by atoms with Crippen LogP contribution in [-0.2, 0) is 9.59 Å². The van der Waals surface area contributed by atoms with E-state index >= 15 is 0 Å². The first-order valence-corrected chi connectivity index (χ1v) is 11.9. The van der Waals surface area contributed by atoms with E-state index < -0.39 is 0 Å². The number of rotatable bonds is 5. The first kappa shape index (κ1) is 22.0. The van der Waals surface area contributed by atoms with Crippen LogP contribution in [0.5, 0.6) is 0 Å². The van der Waals surface area contributed by atoms with E-state index in [1.54, 1.807) is 0 Å². The number of likely N-dealkylation sites (N-methyl/N-ethyl adjacent to an activating group) is 1. The van der Waals surface area contributed by atoms with E-state index in [9.17, 15) is 9.59 Å². The fourth-order valence-corrected chi connectivity index (χ4v) is 4.79. The molecule has 2 aliphatic rings. The quantitative estimate of drug-likeness (QED) is 0.487. The van der Waals surface area contributed by atoms with Crippen LogP contribution in [0.2, 0.25) is 0 Å². The topological polar surface area (TPSA) is 43.9 Å². The van der Waals surface area contributed by atoms with Crippen LogP contribution in [0.4, 0.5) is 17.1 Å². The van der Waals surface area contributed by atoms with Gasteiger partial charge >= 0.3 is 0 Å². The zero-order valence-electron chi connectivity index (χ0n) is 19.7. The summed E-state index contributed by atoms with van der Waals surface area (Å²) in [4.78, 5) is 33.0. The first-order chi connectivity index (χ1) is 16.5. The third-order valence-electron chi connectivity index (χ3n) is 6.71. The van der Waals surface area contributed by atoms with E-state index in [-0.39, 0.29) is 11.8 Å². The molecule has 0 N–H and O–H groups in total. The SMILES string of the molecule is Cc1ccc(C2=C(N(C)c3ccccc3)C(=O)N(c3ccc(N4CCCCC4)cc3)C2=O)cc1. The van der Waals surface area contributed by atoms with E-state index in [0.29, 0.717) is 17.0 Å². The molecule has 0 aliphatic carbocycles. The number of imide groups is 1. The number of benzene rings is 3. The zero-order chi connectivity index (χ0) is 23.7. The van der Waals surface area contributed by atoms with Crippen molar-refractivity contribution in [3.8, 4) is 0 Å². The molecule has 0 saturated carbocycles. The summed E-state index contributed by atoms with van der Waals surface area (Å²) >= 11 is 0. The predicted octanol–water partition coefficient (Wildman–Crippen LogP) is 5.41. The van der Waals surface area contributed by atoms with Gasteiger partial charge in [-0.05, 0) is 68.1 Å². The summed E-state index contributed by atoms with van der Waals surface area (Å²) < 4.78 is 0. The number of aryl methyl sites for hydroxylation is 1. The number of carbonyl (C=O) groups excluding carboxylic acids is 2. The molecule has 2 amide bonds. The molecule has 1 fully saturated rings. The van der Waals surface area contributed by atoms with Crippen LogP contribution in [0.15, 0.2) is 84.6 Å². The van der Waals surface area contributed by atoms with Crippen molar-refractivity contribution in [3.63, 3.8) is 0 Å². The minimum absolute atomic E-state index is 0.294. The fraction of sp³-hybridized carbons (Fsp3) is 0.241. The maximum Gasteiger partial charge on any atom is 0.282 e. The average molecular weight is 452 g/mol. The zero-order valence-corrected chi connectivity index (χ0v) is 19.7. The Morgan fingerprint density at radius 3 is 1.97 bits per heavy atom. The Labute approximate surface area is 200 Å². The highest BCUT2D eigenvalue weighted by atomic mass is 16.2. The van der Waals surface area contributed by atoms with Gasteiger partial charge in [-0.15, -0.1) is 0 Å². The number of piperidine rings is 1. The van der Waals surface area contributed by atoms with E-state index in [2.05, 4.69) is 4.90 Å². The molecule has 5 nitrogen and oxygen atoms in total. The van der Waals surface area contributed by atoms with Gasteiger partial charge in [0.1, 0.15) is 5.70 Å². The van der Waals surface area contributed by atoms with Gasteiger partial charge in [-0.3, -0.25) is 9.59 Å². The predicted molar refractivity (Wildman–Crippen MR) is 138 cm³/mol. The summed E-state index contributed by atoms with van der Waals surface area (Å²) in [6, 6.07) is 25.2. The molecule has 172 valence electrons. The summed E-state index contributed by atoms with van der Waals surface area (Å²) in [5.74, 6) is -0.602. The molecule has 0 unspecified atom stereocenters. The minimum atomic E-state index is -0.308. The van der Waals surface area contributed by atoms with Crippen LogP contribution in [0.3, 0.4) is 0 Å².